The number of para-hydroxylation sites is 1. The number of piperidine rings is 1. The summed E-state index contributed by atoms with van der Waals surface area (Å²) in [7, 11) is 1.79. The third-order valence-electron chi connectivity index (χ3n) is 7.52. The minimum Gasteiger partial charge on any atom is -0.481 e. The Morgan fingerprint density at radius 1 is 1.03 bits per heavy atom. The molecular weight excluding hydrogens is 469 g/mol. The van der Waals surface area contributed by atoms with Crippen LogP contribution in [-0.2, 0) is 17.4 Å². The number of alkyl halides is 3. The van der Waals surface area contributed by atoms with Crippen molar-refractivity contribution in [3.63, 3.8) is 0 Å². The normalized spacial score (nSPS) is 21.2. The van der Waals surface area contributed by atoms with E-state index in [2.05, 4.69) is 0 Å². The fourth-order valence-corrected chi connectivity index (χ4v) is 5.46. The van der Waals surface area contributed by atoms with Crippen molar-refractivity contribution in [2.75, 3.05) is 26.7 Å². The van der Waals surface area contributed by atoms with Crippen LogP contribution in [0, 0.1) is 5.41 Å². The van der Waals surface area contributed by atoms with Crippen LogP contribution in [0.3, 0.4) is 0 Å². The lowest BCUT2D eigenvalue weighted by Gasteiger charge is -2.44. The molecule has 2 aromatic carbocycles. The second-order valence-electron chi connectivity index (χ2n) is 10.1. The van der Waals surface area contributed by atoms with Crippen LogP contribution < -0.4 is 4.74 Å². The van der Waals surface area contributed by atoms with Gasteiger partial charge in [0.05, 0.1) is 5.56 Å². The third kappa shape index (κ3) is 5.85. The summed E-state index contributed by atoms with van der Waals surface area (Å²) < 4.78 is 45.4. The molecule has 0 aliphatic carbocycles. The predicted molar refractivity (Wildman–Crippen MR) is 131 cm³/mol. The Hall–Kier alpha value is -3.03. The molecule has 36 heavy (non-hydrogen) atoms. The number of carbonyl (C=O) groups is 2. The van der Waals surface area contributed by atoms with E-state index in [0.29, 0.717) is 32.5 Å². The zero-order valence-corrected chi connectivity index (χ0v) is 20.8. The minimum absolute atomic E-state index is 0.0522. The highest BCUT2D eigenvalue weighted by Crippen LogP contribution is 2.39. The highest BCUT2D eigenvalue weighted by atomic mass is 19.4. The molecule has 2 amide bonds. The van der Waals surface area contributed by atoms with Crippen LogP contribution in [0.25, 0.3) is 0 Å². The van der Waals surface area contributed by atoms with Crippen LogP contribution in [0.1, 0.15) is 60.5 Å². The summed E-state index contributed by atoms with van der Waals surface area (Å²) in [5.41, 5.74) is 0.180. The number of halogens is 3. The van der Waals surface area contributed by atoms with Gasteiger partial charge in [-0.1, -0.05) is 30.7 Å². The SMILES string of the molecule is C[C@H]1Oc2ccccc2CCCCC2(CCN(C(=O)c3cccc(C(F)(F)F)c3)CC2)CN(C)C1=O. The first-order chi connectivity index (χ1) is 17.1. The number of carbonyl (C=O) groups excluding carboxylic acids is 2. The zero-order valence-electron chi connectivity index (χ0n) is 20.8. The fourth-order valence-electron chi connectivity index (χ4n) is 5.46. The first kappa shape index (κ1) is 26.0. The number of amides is 2. The van der Waals surface area contributed by atoms with Gasteiger partial charge < -0.3 is 14.5 Å². The summed E-state index contributed by atoms with van der Waals surface area (Å²) in [5, 5.41) is 0. The Balaban J connectivity index is 1.47. The second-order valence-corrected chi connectivity index (χ2v) is 10.1. The molecule has 2 aromatic rings. The Bertz CT molecular complexity index is 1090. The highest BCUT2D eigenvalue weighted by Gasteiger charge is 2.39. The van der Waals surface area contributed by atoms with Gasteiger partial charge in [-0.25, -0.2) is 0 Å². The van der Waals surface area contributed by atoms with E-state index in [1.54, 1.807) is 23.8 Å². The monoisotopic (exact) mass is 502 g/mol. The van der Waals surface area contributed by atoms with Crippen molar-refractivity contribution in [1.29, 1.82) is 0 Å². The number of likely N-dealkylation sites (N-methyl/N-ethyl adjacent to an activating group) is 1. The molecule has 194 valence electrons. The average Bonchev–Trinajstić information content (AvgIpc) is 2.86. The topological polar surface area (TPSA) is 49.9 Å². The number of benzene rings is 2. The smallest absolute Gasteiger partial charge is 0.416 e. The standard InChI is InChI=1S/C28H33F3N2O3/c1-20-25(34)32(2)19-27(13-6-5-9-21-8-3-4-12-24(21)36-20)14-16-33(17-15-27)26(35)22-10-7-11-23(18-22)28(29,30)31/h3-4,7-8,10-12,18,20H,5-6,9,13-17,19H2,1-2H3/t20-/m1/s1. The quantitative estimate of drug-likeness (QED) is 0.512. The summed E-state index contributed by atoms with van der Waals surface area (Å²) in [5.74, 6) is 0.280. The zero-order chi connectivity index (χ0) is 25.9. The van der Waals surface area contributed by atoms with E-state index in [4.69, 9.17) is 4.74 Å². The summed E-state index contributed by atoms with van der Waals surface area (Å²) in [6, 6.07) is 12.4. The van der Waals surface area contributed by atoms with Crippen LogP contribution in [0.2, 0.25) is 0 Å². The molecule has 1 spiro atoms. The van der Waals surface area contributed by atoms with Gasteiger partial charge in [-0.05, 0) is 74.3 Å². The van der Waals surface area contributed by atoms with E-state index >= 15 is 0 Å². The highest BCUT2D eigenvalue weighted by molar-refractivity contribution is 5.94. The van der Waals surface area contributed by atoms with Gasteiger partial charge in [0, 0.05) is 32.2 Å². The van der Waals surface area contributed by atoms with Gasteiger partial charge in [0.25, 0.3) is 11.8 Å². The Labute approximate surface area is 210 Å². The van der Waals surface area contributed by atoms with Crippen molar-refractivity contribution < 1.29 is 27.5 Å². The largest absolute Gasteiger partial charge is 0.481 e. The fraction of sp³-hybridized carbons (Fsp3) is 0.500. The summed E-state index contributed by atoms with van der Waals surface area (Å²) in [6.45, 7) is 3.23. The number of hydrogen-bond acceptors (Lipinski definition) is 3. The number of ether oxygens (including phenoxy) is 1. The van der Waals surface area contributed by atoms with Crippen LogP contribution in [0.4, 0.5) is 13.2 Å². The van der Waals surface area contributed by atoms with Gasteiger partial charge in [-0.15, -0.1) is 0 Å². The Morgan fingerprint density at radius 2 is 1.75 bits per heavy atom. The molecule has 4 rings (SSSR count). The molecule has 0 unspecified atom stereocenters. The minimum atomic E-state index is -4.49. The molecule has 1 fully saturated rings. The number of hydrogen-bond donors (Lipinski definition) is 0. The number of fused-ring (bicyclic) bond motifs is 1. The van der Waals surface area contributed by atoms with Crippen LogP contribution >= 0.6 is 0 Å². The van der Waals surface area contributed by atoms with Gasteiger partial charge in [0.1, 0.15) is 5.75 Å². The molecule has 2 aliphatic heterocycles. The van der Waals surface area contributed by atoms with Crippen molar-refractivity contribution in [2.45, 2.75) is 57.7 Å². The molecule has 0 saturated carbocycles. The molecular formula is C28H33F3N2O3. The maximum absolute atomic E-state index is 13.1. The van der Waals surface area contributed by atoms with Crippen molar-refractivity contribution in [2.24, 2.45) is 5.41 Å². The maximum atomic E-state index is 13.1. The molecule has 1 saturated heterocycles. The van der Waals surface area contributed by atoms with Crippen molar-refractivity contribution in [1.82, 2.24) is 9.80 Å². The molecule has 8 heteroatoms. The van der Waals surface area contributed by atoms with Crippen LogP contribution in [0.5, 0.6) is 5.75 Å². The summed E-state index contributed by atoms with van der Waals surface area (Å²) >= 11 is 0. The number of likely N-dealkylation sites (tertiary alicyclic amines) is 1. The van der Waals surface area contributed by atoms with Crippen molar-refractivity contribution in [3.05, 3.63) is 65.2 Å². The molecule has 2 aliphatic rings. The molecule has 0 aromatic heterocycles. The van der Waals surface area contributed by atoms with E-state index in [0.717, 1.165) is 49.1 Å². The molecule has 2 heterocycles. The lowest BCUT2D eigenvalue weighted by molar-refractivity contribution is -0.139. The molecule has 5 nitrogen and oxygen atoms in total. The average molecular weight is 503 g/mol. The predicted octanol–water partition coefficient (Wildman–Crippen LogP) is 5.58. The Morgan fingerprint density at radius 3 is 2.47 bits per heavy atom. The molecule has 0 bridgehead atoms. The Kier molecular flexibility index (Phi) is 7.62. The third-order valence-corrected chi connectivity index (χ3v) is 7.52. The molecule has 0 radical (unpaired) electrons. The van der Waals surface area contributed by atoms with Crippen molar-refractivity contribution in [3.8, 4) is 5.75 Å². The van der Waals surface area contributed by atoms with E-state index in [9.17, 15) is 22.8 Å². The van der Waals surface area contributed by atoms with E-state index in [1.807, 2.05) is 24.3 Å². The van der Waals surface area contributed by atoms with E-state index in [-0.39, 0.29) is 22.8 Å². The van der Waals surface area contributed by atoms with Gasteiger partial charge in [-0.3, -0.25) is 9.59 Å². The van der Waals surface area contributed by atoms with Gasteiger partial charge in [-0.2, -0.15) is 13.2 Å². The molecule has 1 atom stereocenters. The number of aryl methyl sites for hydroxylation is 1. The maximum Gasteiger partial charge on any atom is 0.416 e. The van der Waals surface area contributed by atoms with Gasteiger partial charge >= 0.3 is 6.18 Å². The lowest BCUT2D eigenvalue weighted by Crippen LogP contribution is -2.50. The van der Waals surface area contributed by atoms with Gasteiger partial charge in [0.15, 0.2) is 6.10 Å². The van der Waals surface area contributed by atoms with Gasteiger partial charge in [0.2, 0.25) is 0 Å². The van der Waals surface area contributed by atoms with Crippen LogP contribution in [-0.4, -0.2) is 54.4 Å². The summed E-state index contributed by atoms with van der Waals surface area (Å²) in [6.07, 6.45) is 0.0392. The summed E-state index contributed by atoms with van der Waals surface area (Å²) in [4.78, 5) is 29.5. The number of nitrogens with zero attached hydrogens (tertiary/aromatic N) is 2. The van der Waals surface area contributed by atoms with E-state index < -0.39 is 17.8 Å². The second kappa shape index (κ2) is 10.5. The first-order valence-corrected chi connectivity index (χ1v) is 12.5. The van der Waals surface area contributed by atoms with Crippen molar-refractivity contribution >= 4 is 11.8 Å². The van der Waals surface area contributed by atoms with E-state index in [1.165, 1.54) is 12.1 Å². The lowest BCUT2D eigenvalue weighted by atomic mass is 9.73. The van der Waals surface area contributed by atoms with Crippen LogP contribution in [0.15, 0.2) is 48.5 Å². The first-order valence-electron chi connectivity index (χ1n) is 12.5. The number of rotatable bonds is 1. The molecule has 0 N–H and O–H groups in total.